The molecule has 0 N–H and O–H groups in total. The fraction of sp³-hybridized carbons (Fsp3) is 0.538. The highest BCUT2D eigenvalue weighted by Gasteiger charge is 2.41. The van der Waals surface area contributed by atoms with Crippen LogP contribution in [0.25, 0.3) is 0 Å². The maximum atomic E-state index is 2.69. The van der Waals surface area contributed by atoms with Crippen molar-refractivity contribution in [3.8, 4) is 0 Å². The Morgan fingerprint density at radius 2 is 1.61 bits per heavy atom. The first kappa shape index (κ1) is 20.9. The number of hydrogen-bond donors (Lipinski definition) is 0. The molecular formula is C26H39N2+. The van der Waals surface area contributed by atoms with Crippen LogP contribution in [0.5, 0.6) is 0 Å². The summed E-state index contributed by atoms with van der Waals surface area (Å²) >= 11 is 0. The molecule has 2 unspecified atom stereocenters. The minimum Gasteiger partial charge on any atom is -0.365 e. The second kappa shape index (κ2) is 8.29. The smallest absolute Gasteiger partial charge is 0.132 e. The predicted molar refractivity (Wildman–Crippen MR) is 122 cm³/mol. The molecule has 0 bridgehead atoms. The summed E-state index contributed by atoms with van der Waals surface area (Å²) in [7, 11) is 4.94. The molecule has 1 aliphatic rings. The molecule has 1 heterocycles. The second-order valence-electron chi connectivity index (χ2n) is 9.43. The summed E-state index contributed by atoms with van der Waals surface area (Å²) in [6, 6.07) is 14.9. The number of nitrogens with zero attached hydrogens (tertiary/aromatic N) is 2. The van der Waals surface area contributed by atoms with Gasteiger partial charge in [-0.05, 0) is 50.8 Å². The van der Waals surface area contributed by atoms with Gasteiger partial charge in [0.05, 0.1) is 26.7 Å². The van der Waals surface area contributed by atoms with Gasteiger partial charge in [0.15, 0.2) is 0 Å². The third-order valence-electron chi connectivity index (χ3n) is 6.99. The molecule has 152 valence electrons. The molecular weight excluding hydrogens is 340 g/mol. The number of anilines is 1. The average molecular weight is 380 g/mol. The largest absolute Gasteiger partial charge is 0.365 e. The third-order valence-corrected chi connectivity index (χ3v) is 6.99. The number of likely N-dealkylation sites (N-methyl/N-ethyl adjacent to an activating group) is 1. The third kappa shape index (κ3) is 3.98. The van der Waals surface area contributed by atoms with E-state index in [1.165, 1.54) is 52.8 Å². The molecule has 0 aliphatic carbocycles. The number of quaternary nitrogens is 1. The normalized spacial score (nSPS) is 22.2. The monoisotopic (exact) mass is 379 g/mol. The van der Waals surface area contributed by atoms with Crippen molar-refractivity contribution in [3.63, 3.8) is 0 Å². The van der Waals surface area contributed by atoms with Gasteiger partial charge in [-0.2, -0.15) is 0 Å². The second-order valence-corrected chi connectivity index (χ2v) is 9.43. The molecule has 0 aromatic heterocycles. The molecule has 1 aliphatic heterocycles. The number of aryl methyl sites for hydroxylation is 4. The van der Waals surface area contributed by atoms with Crippen LogP contribution < -0.4 is 4.90 Å². The summed E-state index contributed by atoms with van der Waals surface area (Å²) in [5.74, 6) is 0. The van der Waals surface area contributed by atoms with Gasteiger partial charge < -0.3 is 9.38 Å². The van der Waals surface area contributed by atoms with Crippen LogP contribution >= 0.6 is 0 Å². The van der Waals surface area contributed by atoms with Crippen LogP contribution in [0.3, 0.4) is 0 Å². The Bertz CT molecular complexity index is 798. The zero-order valence-electron chi connectivity index (χ0n) is 19.0. The van der Waals surface area contributed by atoms with Gasteiger partial charge in [-0.3, -0.25) is 0 Å². The minimum atomic E-state index is 0.486. The van der Waals surface area contributed by atoms with Crippen molar-refractivity contribution in [2.24, 2.45) is 0 Å². The lowest BCUT2D eigenvalue weighted by molar-refractivity contribution is -0.942. The number of hydrogen-bond acceptors (Lipinski definition) is 1. The van der Waals surface area contributed by atoms with Crippen molar-refractivity contribution in [1.29, 1.82) is 0 Å². The highest BCUT2D eigenvalue weighted by Crippen LogP contribution is 2.39. The Balaban J connectivity index is 2.08. The summed E-state index contributed by atoms with van der Waals surface area (Å²) in [6.45, 7) is 13.6. The lowest BCUT2D eigenvalue weighted by Gasteiger charge is -2.44. The van der Waals surface area contributed by atoms with Gasteiger partial charge in [0.2, 0.25) is 0 Å². The SMILES string of the molecule is CCCC1CCN(c2c(C)cc(C)cc2C)CC(c2ccccc2C)[N+]1(C)C. The summed E-state index contributed by atoms with van der Waals surface area (Å²) in [6.07, 6.45) is 3.82. The summed E-state index contributed by atoms with van der Waals surface area (Å²) in [4.78, 5) is 2.69. The zero-order chi connectivity index (χ0) is 20.5. The Morgan fingerprint density at radius 1 is 0.964 bits per heavy atom. The van der Waals surface area contributed by atoms with Crippen LogP contribution in [-0.2, 0) is 0 Å². The van der Waals surface area contributed by atoms with E-state index < -0.39 is 0 Å². The quantitative estimate of drug-likeness (QED) is 0.579. The van der Waals surface area contributed by atoms with Gasteiger partial charge in [0.25, 0.3) is 0 Å². The highest BCUT2D eigenvalue weighted by molar-refractivity contribution is 5.60. The van der Waals surface area contributed by atoms with Crippen LogP contribution in [0.1, 0.15) is 60.0 Å². The van der Waals surface area contributed by atoms with Crippen molar-refractivity contribution in [3.05, 3.63) is 64.2 Å². The van der Waals surface area contributed by atoms with E-state index in [4.69, 9.17) is 0 Å². The van der Waals surface area contributed by atoms with Crippen LogP contribution in [0.4, 0.5) is 5.69 Å². The maximum absolute atomic E-state index is 2.69. The van der Waals surface area contributed by atoms with E-state index in [1.807, 2.05) is 0 Å². The van der Waals surface area contributed by atoms with E-state index in [1.54, 1.807) is 0 Å². The van der Waals surface area contributed by atoms with E-state index in [9.17, 15) is 0 Å². The molecule has 2 nitrogen and oxygen atoms in total. The predicted octanol–water partition coefficient (Wildman–Crippen LogP) is 6.12. The molecule has 2 heteroatoms. The fourth-order valence-corrected chi connectivity index (χ4v) is 5.50. The first-order chi connectivity index (χ1) is 13.3. The molecule has 1 fully saturated rings. The van der Waals surface area contributed by atoms with Gasteiger partial charge in [0.1, 0.15) is 6.04 Å². The van der Waals surface area contributed by atoms with E-state index in [0.717, 1.165) is 17.6 Å². The van der Waals surface area contributed by atoms with E-state index in [-0.39, 0.29) is 0 Å². The molecule has 2 aromatic rings. The molecule has 2 atom stereocenters. The molecule has 3 rings (SSSR count). The van der Waals surface area contributed by atoms with Crippen molar-refractivity contribution in [2.75, 3.05) is 32.1 Å². The molecule has 0 radical (unpaired) electrons. The van der Waals surface area contributed by atoms with Crippen molar-refractivity contribution in [1.82, 2.24) is 0 Å². The first-order valence-electron chi connectivity index (χ1n) is 11.0. The summed E-state index contributed by atoms with van der Waals surface area (Å²) in [5, 5.41) is 0. The van der Waals surface area contributed by atoms with E-state index in [2.05, 4.69) is 90.0 Å². The highest BCUT2D eigenvalue weighted by atomic mass is 15.4. The topological polar surface area (TPSA) is 3.24 Å². The van der Waals surface area contributed by atoms with Gasteiger partial charge in [-0.25, -0.2) is 0 Å². The molecule has 28 heavy (non-hydrogen) atoms. The minimum absolute atomic E-state index is 0.486. The maximum Gasteiger partial charge on any atom is 0.132 e. The van der Waals surface area contributed by atoms with E-state index in [0.29, 0.717) is 12.1 Å². The average Bonchev–Trinajstić information content (AvgIpc) is 2.73. The lowest BCUT2D eigenvalue weighted by Crippen LogP contribution is -2.52. The molecule has 0 saturated carbocycles. The van der Waals surface area contributed by atoms with Crippen LogP contribution in [-0.4, -0.2) is 37.7 Å². The Kier molecular flexibility index (Phi) is 6.19. The lowest BCUT2D eigenvalue weighted by atomic mass is 9.95. The first-order valence-corrected chi connectivity index (χ1v) is 11.0. The fourth-order valence-electron chi connectivity index (χ4n) is 5.50. The molecule has 1 saturated heterocycles. The molecule has 0 spiro atoms. The van der Waals surface area contributed by atoms with E-state index >= 15 is 0 Å². The van der Waals surface area contributed by atoms with Crippen LogP contribution in [0.15, 0.2) is 36.4 Å². The molecule has 0 amide bonds. The van der Waals surface area contributed by atoms with Crippen LogP contribution in [0, 0.1) is 27.7 Å². The van der Waals surface area contributed by atoms with Crippen LogP contribution in [0.2, 0.25) is 0 Å². The Labute approximate surface area is 172 Å². The molecule has 2 aromatic carbocycles. The number of rotatable bonds is 4. The number of benzene rings is 2. The van der Waals surface area contributed by atoms with Crippen molar-refractivity contribution < 1.29 is 4.48 Å². The van der Waals surface area contributed by atoms with Gasteiger partial charge in [-0.1, -0.05) is 55.3 Å². The summed E-state index contributed by atoms with van der Waals surface area (Å²) in [5.41, 5.74) is 8.60. The standard InChI is InChI=1S/C26H39N2/c1-8-11-23-14-15-27(26-21(4)16-19(2)17-22(26)5)18-25(28(23,6)7)24-13-10-9-12-20(24)3/h9-10,12-13,16-17,23,25H,8,11,14-15,18H2,1-7H3/q+1. The Morgan fingerprint density at radius 3 is 2.21 bits per heavy atom. The van der Waals surface area contributed by atoms with Gasteiger partial charge in [0, 0.05) is 24.2 Å². The zero-order valence-corrected chi connectivity index (χ0v) is 19.0. The Hall–Kier alpha value is -1.80. The summed E-state index contributed by atoms with van der Waals surface area (Å²) < 4.78 is 1.08. The van der Waals surface area contributed by atoms with Gasteiger partial charge >= 0.3 is 0 Å². The van der Waals surface area contributed by atoms with Crippen molar-refractivity contribution in [2.45, 2.75) is 66.0 Å². The van der Waals surface area contributed by atoms with Crippen molar-refractivity contribution >= 4 is 5.69 Å². The van der Waals surface area contributed by atoms with Gasteiger partial charge in [-0.15, -0.1) is 0 Å².